The van der Waals surface area contributed by atoms with E-state index in [0.29, 0.717) is 6.04 Å². The highest BCUT2D eigenvalue weighted by Crippen LogP contribution is 2.18. The lowest BCUT2D eigenvalue weighted by Gasteiger charge is -2.14. The van der Waals surface area contributed by atoms with E-state index in [1.165, 1.54) is 31.2 Å². The maximum absolute atomic E-state index is 3.39. The molecule has 1 unspecified atom stereocenters. The molecule has 0 fully saturated rings. The molecule has 1 nitrogen and oxygen atoms in total. The van der Waals surface area contributed by atoms with Crippen LogP contribution in [-0.2, 0) is 6.42 Å². The van der Waals surface area contributed by atoms with E-state index in [0.717, 1.165) is 0 Å². The van der Waals surface area contributed by atoms with Crippen molar-refractivity contribution in [3.8, 4) is 0 Å². The van der Waals surface area contributed by atoms with Crippen molar-refractivity contribution in [2.24, 2.45) is 0 Å². The SMILES string of the molecule is CCCC(CCc1sccc1C)NC. The van der Waals surface area contributed by atoms with Gasteiger partial charge < -0.3 is 5.32 Å². The van der Waals surface area contributed by atoms with E-state index in [-0.39, 0.29) is 0 Å². The summed E-state index contributed by atoms with van der Waals surface area (Å²) in [5.41, 5.74) is 1.46. The minimum Gasteiger partial charge on any atom is -0.317 e. The van der Waals surface area contributed by atoms with E-state index >= 15 is 0 Å². The van der Waals surface area contributed by atoms with Crippen LogP contribution in [0.25, 0.3) is 0 Å². The monoisotopic (exact) mass is 211 g/mol. The van der Waals surface area contributed by atoms with Gasteiger partial charge in [0.1, 0.15) is 0 Å². The Hall–Kier alpha value is -0.340. The van der Waals surface area contributed by atoms with Crippen LogP contribution in [0.2, 0.25) is 0 Å². The minimum atomic E-state index is 0.696. The number of rotatable bonds is 6. The summed E-state index contributed by atoms with van der Waals surface area (Å²) in [7, 11) is 2.07. The van der Waals surface area contributed by atoms with Crippen molar-refractivity contribution in [3.63, 3.8) is 0 Å². The lowest BCUT2D eigenvalue weighted by molar-refractivity contribution is 0.485. The lowest BCUT2D eigenvalue weighted by atomic mass is 10.0. The summed E-state index contributed by atoms with van der Waals surface area (Å²) < 4.78 is 0. The Morgan fingerprint density at radius 1 is 1.43 bits per heavy atom. The third-order valence-electron chi connectivity index (χ3n) is 2.73. The average molecular weight is 211 g/mol. The Labute approximate surface area is 91.5 Å². The molecular formula is C12H21NS. The summed E-state index contributed by atoms with van der Waals surface area (Å²) in [5, 5.41) is 5.58. The molecule has 0 radical (unpaired) electrons. The topological polar surface area (TPSA) is 12.0 Å². The maximum atomic E-state index is 3.39. The summed E-state index contributed by atoms with van der Waals surface area (Å²) in [5.74, 6) is 0. The summed E-state index contributed by atoms with van der Waals surface area (Å²) in [6, 6.07) is 2.91. The summed E-state index contributed by atoms with van der Waals surface area (Å²) in [4.78, 5) is 1.56. The second-order valence-corrected chi connectivity index (χ2v) is 4.84. The van der Waals surface area contributed by atoms with Crippen LogP contribution >= 0.6 is 11.3 Å². The lowest BCUT2D eigenvalue weighted by Crippen LogP contribution is -2.25. The van der Waals surface area contributed by atoms with Crippen LogP contribution < -0.4 is 5.32 Å². The van der Waals surface area contributed by atoms with Crippen LogP contribution in [0.3, 0.4) is 0 Å². The first-order valence-electron chi connectivity index (χ1n) is 5.48. The fraction of sp³-hybridized carbons (Fsp3) is 0.667. The van der Waals surface area contributed by atoms with Gasteiger partial charge in [-0.15, -0.1) is 11.3 Å². The van der Waals surface area contributed by atoms with Gasteiger partial charge in [-0.1, -0.05) is 13.3 Å². The van der Waals surface area contributed by atoms with Gasteiger partial charge >= 0.3 is 0 Å². The number of hydrogen-bond donors (Lipinski definition) is 1. The van der Waals surface area contributed by atoms with Gasteiger partial charge in [-0.25, -0.2) is 0 Å². The molecule has 0 saturated carbocycles. The van der Waals surface area contributed by atoms with Crippen molar-refractivity contribution in [1.82, 2.24) is 5.32 Å². The Kier molecular flexibility index (Phi) is 5.20. The van der Waals surface area contributed by atoms with Crippen LogP contribution in [0.4, 0.5) is 0 Å². The van der Waals surface area contributed by atoms with Crippen molar-refractivity contribution >= 4 is 11.3 Å². The zero-order chi connectivity index (χ0) is 10.4. The molecule has 14 heavy (non-hydrogen) atoms. The Balaban J connectivity index is 2.35. The summed E-state index contributed by atoms with van der Waals surface area (Å²) in [6.07, 6.45) is 5.07. The molecule has 2 heteroatoms. The van der Waals surface area contributed by atoms with Gasteiger partial charge in [-0.05, 0) is 50.2 Å². The highest BCUT2D eigenvalue weighted by atomic mass is 32.1. The molecule has 1 atom stereocenters. The standard InChI is InChI=1S/C12H21NS/c1-4-5-11(13-3)6-7-12-10(2)8-9-14-12/h8-9,11,13H,4-7H2,1-3H3. The molecule has 80 valence electrons. The van der Waals surface area contributed by atoms with E-state index in [1.807, 2.05) is 11.3 Å². The number of hydrogen-bond acceptors (Lipinski definition) is 2. The Morgan fingerprint density at radius 3 is 2.71 bits per heavy atom. The summed E-state index contributed by atoms with van der Waals surface area (Å²) in [6.45, 7) is 4.46. The smallest absolute Gasteiger partial charge is 0.00749 e. The fourth-order valence-electron chi connectivity index (χ4n) is 1.75. The van der Waals surface area contributed by atoms with E-state index in [4.69, 9.17) is 0 Å². The predicted octanol–water partition coefficient (Wildman–Crippen LogP) is 3.38. The number of thiophene rings is 1. The highest BCUT2D eigenvalue weighted by Gasteiger charge is 2.06. The van der Waals surface area contributed by atoms with Gasteiger partial charge in [0.2, 0.25) is 0 Å². The molecule has 0 aliphatic carbocycles. The van der Waals surface area contributed by atoms with E-state index in [1.54, 1.807) is 4.88 Å². The molecule has 0 bridgehead atoms. The van der Waals surface area contributed by atoms with Crippen LogP contribution in [0, 0.1) is 6.92 Å². The van der Waals surface area contributed by atoms with E-state index in [2.05, 4.69) is 37.7 Å². The predicted molar refractivity (Wildman–Crippen MR) is 65.1 cm³/mol. The van der Waals surface area contributed by atoms with E-state index in [9.17, 15) is 0 Å². The van der Waals surface area contributed by atoms with Crippen molar-refractivity contribution in [3.05, 3.63) is 21.9 Å². The molecule has 1 aromatic rings. The van der Waals surface area contributed by atoms with Gasteiger partial charge in [-0.2, -0.15) is 0 Å². The molecule has 0 aliphatic heterocycles. The second kappa shape index (κ2) is 6.20. The molecule has 0 aliphatic rings. The van der Waals surface area contributed by atoms with Gasteiger partial charge in [0.15, 0.2) is 0 Å². The number of nitrogens with one attached hydrogen (secondary N) is 1. The molecule has 1 heterocycles. The Morgan fingerprint density at radius 2 is 2.21 bits per heavy atom. The van der Waals surface area contributed by atoms with Gasteiger partial charge in [0.25, 0.3) is 0 Å². The van der Waals surface area contributed by atoms with Crippen LogP contribution in [0.5, 0.6) is 0 Å². The summed E-state index contributed by atoms with van der Waals surface area (Å²) >= 11 is 1.89. The van der Waals surface area contributed by atoms with Crippen molar-refractivity contribution in [2.45, 2.75) is 45.6 Å². The molecule has 0 amide bonds. The molecule has 1 aromatic heterocycles. The zero-order valence-corrected chi connectivity index (χ0v) is 10.3. The molecule has 1 N–H and O–H groups in total. The quantitative estimate of drug-likeness (QED) is 0.760. The van der Waals surface area contributed by atoms with Crippen molar-refractivity contribution in [2.75, 3.05) is 7.05 Å². The van der Waals surface area contributed by atoms with Crippen molar-refractivity contribution in [1.29, 1.82) is 0 Å². The van der Waals surface area contributed by atoms with Crippen molar-refractivity contribution < 1.29 is 0 Å². The molecule has 0 saturated heterocycles. The number of aryl methyl sites for hydroxylation is 2. The maximum Gasteiger partial charge on any atom is 0.00749 e. The largest absolute Gasteiger partial charge is 0.317 e. The normalized spacial score (nSPS) is 13.1. The van der Waals surface area contributed by atoms with Crippen LogP contribution in [0.15, 0.2) is 11.4 Å². The van der Waals surface area contributed by atoms with Gasteiger partial charge in [0.05, 0.1) is 0 Å². The third kappa shape index (κ3) is 3.43. The molecule has 0 aromatic carbocycles. The minimum absolute atomic E-state index is 0.696. The molecule has 0 spiro atoms. The molecular weight excluding hydrogens is 190 g/mol. The van der Waals surface area contributed by atoms with E-state index < -0.39 is 0 Å². The second-order valence-electron chi connectivity index (χ2n) is 3.84. The van der Waals surface area contributed by atoms with Gasteiger partial charge in [-0.3, -0.25) is 0 Å². The first kappa shape index (κ1) is 11.7. The Bertz CT molecular complexity index is 255. The first-order valence-corrected chi connectivity index (χ1v) is 6.36. The first-order chi connectivity index (χ1) is 6.77. The fourth-order valence-corrected chi connectivity index (χ4v) is 2.67. The molecule has 1 rings (SSSR count). The highest BCUT2D eigenvalue weighted by molar-refractivity contribution is 7.10. The van der Waals surface area contributed by atoms with Gasteiger partial charge in [0, 0.05) is 10.9 Å². The van der Waals surface area contributed by atoms with Crippen LogP contribution in [0.1, 0.15) is 36.6 Å². The third-order valence-corrected chi connectivity index (χ3v) is 3.82. The van der Waals surface area contributed by atoms with Crippen LogP contribution in [-0.4, -0.2) is 13.1 Å². The zero-order valence-electron chi connectivity index (χ0n) is 9.47. The average Bonchev–Trinajstić information content (AvgIpc) is 2.59.